The first kappa shape index (κ1) is 16.5. The van der Waals surface area contributed by atoms with Crippen molar-refractivity contribution in [3.63, 3.8) is 0 Å². The van der Waals surface area contributed by atoms with E-state index < -0.39 is 6.04 Å². The number of nitrogens with zero attached hydrogens (tertiary/aromatic N) is 1. The minimum absolute atomic E-state index is 0.0816. The van der Waals surface area contributed by atoms with Gasteiger partial charge in [0.1, 0.15) is 5.75 Å². The summed E-state index contributed by atoms with van der Waals surface area (Å²) >= 11 is 0. The molecule has 1 aromatic rings. The Morgan fingerprint density at radius 3 is 2.70 bits per heavy atom. The van der Waals surface area contributed by atoms with E-state index in [0.717, 1.165) is 11.3 Å². The first-order valence-corrected chi connectivity index (χ1v) is 6.83. The lowest BCUT2D eigenvalue weighted by Gasteiger charge is -2.26. The van der Waals surface area contributed by atoms with Crippen LogP contribution in [0.5, 0.6) is 5.75 Å². The van der Waals surface area contributed by atoms with Crippen molar-refractivity contribution in [3.8, 4) is 5.75 Å². The Morgan fingerprint density at radius 1 is 1.45 bits per heavy atom. The number of nitrogens with two attached hydrogens (primary N) is 1. The van der Waals surface area contributed by atoms with Crippen LogP contribution in [0.1, 0.15) is 24.9 Å². The van der Waals surface area contributed by atoms with Crippen molar-refractivity contribution >= 4 is 5.91 Å². The highest BCUT2D eigenvalue weighted by molar-refractivity contribution is 5.81. The molecule has 5 nitrogen and oxygen atoms in total. The summed E-state index contributed by atoms with van der Waals surface area (Å²) < 4.78 is 5.24. The lowest BCUT2D eigenvalue weighted by atomic mass is 10.1. The van der Waals surface area contributed by atoms with Crippen LogP contribution in [0.25, 0.3) is 0 Å². The summed E-state index contributed by atoms with van der Waals surface area (Å²) in [5, 5.41) is 2.90. The molecule has 0 aliphatic carbocycles. The predicted octanol–water partition coefficient (Wildman–Crippen LogP) is 1.15. The van der Waals surface area contributed by atoms with Crippen molar-refractivity contribution in [3.05, 3.63) is 29.8 Å². The molecule has 0 aliphatic rings. The number of hydrogen-bond donors (Lipinski definition) is 2. The Bertz CT molecular complexity index is 435. The zero-order valence-electron chi connectivity index (χ0n) is 12.7. The van der Waals surface area contributed by atoms with Crippen LogP contribution in [-0.4, -0.2) is 44.6 Å². The number of carbonyl (C=O) groups is 1. The van der Waals surface area contributed by atoms with Crippen molar-refractivity contribution in [2.45, 2.75) is 25.4 Å². The van der Waals surface area contributed by atoms with Gasteiger partial charge in [0.15, 0.2) is 0 Å². The van der Waals surface area contributed by atoms with Crippen LogP contribution in [0.15, 0.2) is 24.3 Å². The monoisotopic (exact) mass is 279 g/mol. The van der Waals surface area contributed by atoms with Crippen molar-refractivity contribution in [2.24, 2.45) is 5.73 Å². The normalized spacial score (nSPS) is 13.9. The fourth-order valence-electron chi connectivity index (χ4n) is 1.96. The molecule has 0 bridgehead atoms. The molecule has 0 fully saturated rings. The smallest absolute Gasteiger partial charge is 0.236 e. The van der Waals surface area contributed by atoms with E-state index in [1.807, 2.05) is 45.3 Å². The number of methoxy groups -OCH3 is 1. The maximum absolute atomic E-state index is 11.8. The number of hydrogen-bond acceptors (Lipinski definition) is 4. The third-order valence-corrected chi connectivity index (χ3v) is 3.35. The highest BCUT2D eigenvalue weighted by Crippen LogP contribution is 2.22. The molecule has 1 unspecified atom stereocenters. The SMILES string of the molecule is CC[C@H](N)C(=O)NCC(c1cccc(OC)c1)N(C)C. The number of carbonyl (C=O) groups excluding carboxylic acids is 1. The quantitative estimate of drug-likeness (QED) is 0.786. The minimum atomic E-state index is -0.442. The van der Waals surface area contributed by atoms with E-state index in [-0.39, 0.29) is 11.9 Å². The number of likely N-dealkylation sites (N-methyl/N-ethyl adjacent to an activating group) is 1. The molecule has 0 saturated heterocycles. The second-order valence-corrected chi connectivity index (χ2v) is 5.02. The van der Waals surface area contributed by atoms with Gasteiger partial charge < -0.3 is 20.7 Å². The number of rotatable bonds is 7. The van der Waals surface area contributed by atoms with Crippen LogP contribution < -0.4 is 15.8 Å². The molecule has 20 heavy (non-hydrogen) atoms. The van der Waals surface area contributed by atoms with Gasteiger partial charge in [-0.25, -0.2) is 0 Å². The summed E-state index contributed by atoms with van der Waals surface area (Å²) in [5.41, 5.74) is 6.81. The molecule has 0 radical (unpaired) electrons. The zero-order valence-corrected chi connectivity index (χ0v) is 12.7. The van der Waals surface area contributed by atoms with Gasteiger partial charge in [-0.15, -0.1) is 0 Å². The molecule has 0 spiro atoms. The molecule has 1 amide bonds. The molecule has 0 aromatic heterocycles. The molecular weight excluding hydrogens is 254 g/mol. The third-order valence-electron chi connectivity index (χ3n) is 3.35. The topological polar surface area (TPSA) is 67.6 Å². The average Bonchev–Trinajstić information content (AvgIpc) is 2.46. The van der Waals surface area contributed by atoms with Crippen LogP contribution in [0.2, 0.25) is 0 Å². The number of ether oxygens (including phenoxy) is 1. The lowest BCUT2D eigenvalue weighted by molar-refractivity contribution is -0.122. The van der Waals surface area contributed by atoms with Crippen molar-refractivity contribution in [2.75, 3.05) is 27.7 Å². The Morgan fingerprint density at radius 2 is 2.15 bits per heavy atom. The molecule has 0 aliphatic heterocycles. The fraction of sp³-hybridized carbons (Fsp3) is 0.533. The van der Waals surface area contributed by atoms with Gasteiger partial charge in [-0.05, 0) is 38.2 Å². The van der Waals surface area contributed by atoms with Gasteiger partial charge in [-0.2, -0.15) is 0 Å². The van der Waals surface area contributed by atoms with Crippen LogP contribution in [-0.2, 0) is 4.79 Å². The number of nitrogens with one attached hydrogen (secondary N) is 1. The second kappa shape index (κ2) is 7.87. The number of benzene rings is 1. The second-order valence-electron chi connectivity index (χ2n) is 5.02. The Balaban J connectivity index is 2.76. The van der Waals surface area contributed by atoms with Crippen LogP contribution in [0.4, 0.5) is 0 Å². The summed E-state index contributed by atoms with van der Waals surface area (Å²) in [6.45, 7) is 2.42. The van der Waals surface area contributed by atoms with E-state index in [2.05, 4.69) is 10.2 Å². The highest BCUT2D eigenvalue weighted by atomic mass is 16.5. The molecule has 0 saturated carbocycles. The Labute approximate surface area is 121 Å². The molecule has 1 rings (SSSR count). The summed E-state index contributed by atoms with van der Waals surface area (Å²) in [7, 11) is 5.61. The fourth-order valence-corrected chi connectivity index (χ4v) is 1.96. The molecule has 0 heterocycles. The van der Waals surface area contributed by atoms with E-state index in [9.17, 15) is 4.79 Å². The minimum Gasteiger partial charge on any atom is -0.497 e. The van der Waals surface area contributed by atoms with Crippen molar-refractivity contribution in [1.82, 2.24) is 10.2 Å². The maximum atomic E-state index is 11.8. The van der Waals surface area contributed by atoms with Crippen LogP contribution in [0.3, 0.4) is 0 Å². The molecule has 5 heteroatoms. The maximum Gasteiger partial charge on any atom is 0.236 e. The van der Waals surface area contributed by atoms with Crippen LogP contribution >= 0.6 is 0 Å². The Hall–Kier alpha value is -1.59. The van der Waals surface area contributed by atoms with Gasteiger partial charge in [-0.3, -0.25) is 4.79 Å². The van der Waals surface area contributed by atoms with Gasteiger partial charge in [0.05, 0.1) is 19.2 Å². The van der Waals surface area contributed by atoms with E-state index >= 15 is 0 Å². The van der Waals surface area contributed by atoms with Gasteiger partial charge in [-0.1, -0.05) is 19.1 Å². The van der Waals surface area contributed by atoms with Gasteiger partial charge >= 0.3 is 0 Å². The predicted molar refractivity (Wildman–Crippen MR) is 80.7 cm³/mol. The molecule has 3 N–H and O–H groups in total. The van der Waals surface area contributed by atoms with Gasteiger partial charge in [0.25, 0.3) is 0 Å². The van der Waals surface area contributed by atoms with Gasteiger partial charge in [0.2, 0.25) is 5.91 Å². The third kappa shape index (κ3) is 4.51. The molecule has 112 valence electrons. The largest absolute Gasteiger partial charge is 0.497 e. The highest BCUT2D eigenvalue weighted by Gasteiger charge is 2.17. The van der Waals surface area contributed by atoms with E-state index in [4.69, 9.17) is 10.5 Å². The van der Waals surface area contributed by atoms with E-state index in [0.29, 0.717) is 13.0 Å². The summed E-state index contributed by atoms with van der Waals surface area (Å²) in [6, 6.07) is 7.50. The first-order chi connectivity index (χ1) is 9.49. The zero-order chi connectivity index (χ0) is 15.1. The van der Waals surface area contributed by atoms with E-state index in [1.165, 1.54) is 0 Å². The molecule has 2 atom stereocenters. The summed E-state index contributed by atoms with van der Waals surface area (Å²) in [5.74, 6) is 0.702. The van der Waals surface area contributed by atoms with E-state index in [1.54, 1.807) is 7.11 Å². The van der Waals surface area contributed by atoms with Crippen molar-refractivity contribution < 1.29 is 9.53 Å². The summed E-state index contributed by atoms with van der Waals surface area (Å²) in [6.07, 6.45) is 0.637. The summed E-state index contributed by atoms with van der Waals surface area (Å²) in [4.78, 5) is 13.8. The van der Waals surface area contributed by atoms with Crippen molar-refractivity contribution in [1.29, 1.82) is 0 Å². The lowest BCUT2D eigenvalue weighted by Crippen LogP contribution is -2.43. The Kier molecular flexibility index (Phi) is 6.48. The first-order valence-electron chi connectivity index (χ1n) is 6.83. The molecular formula is C15H25N3O2. The van der Waals surface area contributed by atoms with Crippen LogP contribution in [0, 0.1) is 0 Å². The molecule has 1 aromatic carbocycles. The number of amides is 1. The standard InChI is InChI=1S/C15H25N3O2/c1-5-13(16)15(19)17-10-14(18(2)3)11-7-6-8-12(9-11)20-4/h6-9,13-14H,5,10,16H2,1-4H3,(H,17,19)/t13-,14?/m0/s1. The van der Waals surface area contributed by atoms with Gasteiger partial charge in [0, 0.05) is 6.54 Å². The average molecular weight is 279 g/mol.